The van der Waals surface area contributed by atoms with Gasteiger partial charge in [0.25, 0.3) is 0 Å². The molecule has 0 bridgehead atoms. The number of imidazole rings is 1. The van der Waals surface area contributed by atoms with Gasteiger partial charge in [0, 0.05) is 5.56 Å². The molecule has 3 nitrogen and oxygen atoms in total. The zero-order valence-electron chi connectivity index (χ0n) is 9.49. The number of hydrogen-bond donors (Lipinski definition) is 0. The summed E-state index contributed by atoms with van der Waals surface area (Å²) in [6, 6.07) is 14.2. The van der Waals surface area contributed by atoms with Crippen LogP contribution in [-0.2, 0) is 0 Å². The van der Waals surface area contributed by atoms with E-state index >= 15 is 0 Å². The zero-order chi connectivity index (χ0) is 12.4. The molecule has 0 spiro atoms. The van der Waals surface area contributed by atoms with E-state index in [1.54, 1.807) is 29.2 Å². The molecule has 0 amide bonds. The minimum atomic E-state index is -0.286. The van der Waals surface area contributed by atoms with E-state index in [1.807, 2.05) is 24.3 Å². The van der Waals surface area contributed by atoms with Crippen LogP contribution in [0.1, 0.15) is 5.56 Å². The molecule has 3 rings (SSSR count). The largest absolute Gasteiger partial charge is 0.235 e. The van der Waals surface area contributed by atoms with Crippen molar-refractivity contribution in [3.63, 3.8) is 0 Å². The van der Waals surface area contributed by atoms with Crippen LogP contribution in [-0.4, -0.2) is 15.9 Å². The monoisotopic (exact) mass is 239 g/mol. The molecule has 0 N–H and O–H groups in total. The van der Waals surface area contributed by atoms with Gasteiger partial charge in [-0.05, 0) is 18.2 Å². The summed E-state index contributed by atoms with van der Waals surface area (Å²) in [6.07, 6.45) is 3.10. The summed E-state index contributed by atoms with van der Waals surface area (Å²) < 4.78 is 15.0. The Hall–Kier alpha value is -2.49. The summed E-state index contributed by atoms with van der Waals surface area (Å²) in [7, 11) is 0. The molecule has 18 heavy (non-hydrogen) atoms. The predicted octanol–water partition coefficient (Wildman–Crippen LogP) is 3.06. The van der Waals surface area contributed by atoms with Crippen molar-refractivity contribution in [2.75, 3.05) is 0 Å². The van der Waals surface area contributed by atoms with Crippen LogP contribution in [0.3, 0.4) is 0 Å². The molecule has 0 aliphatic heterocycles. The van der Waals surface area contributed by atoms with Crippen molar-refractivity contribution in [3.8, 4) is 0 Å². The van der Waals surface area contributed by atoms with E-state index in [2.05, 4.69) is 10.1 Å². The first kappa shape index (κ1) is 10.7. The van der Waals surface area contributed by atoms with Gasteiger partial charge >= 0.3 is 0 Å². The molecule has 0 atom stereocenters. The highest BCUT2D eigenvalue weighted by atomic mass is 19.1. The molecule has 1 aromatic heterocycles. The van der Waals surface area contributed by atoms with E-state index in [1.165, 1.54) is 12.3 Å². The van der Waals surface area contributed by atoms with Crippen molar-refractivity contribution in [1.82, 2.24) is 9.66 Å². The topological polar surface area (TPSA) is 30.2 Å². The van der Waals surface area contributed by atoms with Gasteiger partial charge in [-0.1, -0.05) is 30.3 Å². The Labute approximate surface area is 103 Å². The zero-order valence-corrected chi connectivity index (χ0v) is 9.49. The molecule has 88 valence electrons. The maximum Gasteiger partial charge on any atom is 0.132 e. The number of halogens is 1. The Morgan fingerprint density at radius 3 is 2.72 bits per heavy atom. The summed E-state index contributed by atoms with van der Waals surface area (Å²) in [4.78, 5) is 4.21. The van der Waals surface area contributed by atoms with Gasteiger partial charge in [0.1, 0.15) is 12.1 Å². The van der Waals surface area contributed by atoms with Gasteiger partial charge in [-0.2, -0.15) is 5.10 Å². The maximum atomic E-state index is 13.4. The normalized spacial score (nSPS) is 11.4. The van der Waals surface area contributed by atoms with E-state index < -0.39 is 0 Å². The second-order valence-electron chi connectivity index (χ2n) is 3.84. The van der Waals surface area contributed by atoms with E-state index in [0.717, 1.165) is 11.0 Å². The molecule has 2 aromatic carbocycles. The average Bonchev–Trinajstić information content (AvgIpc) is 2.81. The minimum absolute atomic E-state index is 0.286. The summed E-state index contributed by atoms with van der Waals surface area (Å²) in [6.45, 7) is 0. The molecular weight excluding hydrogens is 229 g/mol. The lowest BCUT2D eigenvalue weighted by atomic mass is 10.2. The van der Waals surface area contributed by atoms with Gasteiger partial charge in [-0.3, -0.25) is 0 Å². The van der Waals surface area contributed by atoms with Crippen molar-refractivity contribution in [2.24, 2.45) is 5.10 Å². The number of nitrogens with zero attached hydrogens (tertiary/aromatic N) is 3. The number of fused-ring (bicyclic) bond motifs is 1. The van der Waals surface area contributed by atoms with Crippen LogP contribution in [0.5, 0.6) is 0 Å². The molecule has 4 heteroatoms. The van der Waals surface area contributed by atoms with E-state index in [4.69, 9.17) is 0 Å². The van der Waals surface area contributed by atoms with Crippen molar-refractivity contribution in [3.05, 3.63) is 66.2 Å². The molecule has 0 unspecified atom stereocenters. The van der Waals surface area contributed by atoms with Gasteiger partial charge < -0.3 is 0 Å². The van der Waals surface area contributed by atoms with Crippen LogP contribution >= 0.6 is 0 Å². The lowest BCUT2D eigenvalue weighted by Crippen LogP contribution is -1.91. The highest BCUT2D eigenvalue weighted by molar-refractivity contribution is 5.81. The average molecular weight is 239 g/mol. The van der Waals surface area contributed by atoms with E-state index in [0.29, 0.717) is 5.56 Å². The lowest BCUT2D eigenvalue weighted by molar-refractivity contribution is 0.625. The minimum Gasteiger partial charge on any atom is -0.235 e. The van der Waals surface area contributed by atoms with Crippen molar-refractivity contribution in [2.45, 2.75) is 0 Å². The van der Waals surface area contributed by atoms with Crippen molar-refractivity contribution in [1.29, 1.82) is 0 Å². The number of para-hydroxylation sites is 2. The number of aromatic nitrogens is 2. The molecule has 3 aromatic rings. The van der Waals surface area contributed by atoms with Crippen molar-refractivity contribution >= 4 is 17.2 Å². The Morgan fingerprint density at radius 2 is 1.83 bits per heavy atom. The number of benzene rings is 2. The van der Waals surface area contributed by atoms with Crippen LogP contribution in [0.15, 0.2) is 60.0 Å². The predicted molar refractivity (Wildman–Crippen MR) is 69.1 cm³/mol. The molecule has 0 fully saturated rings. The summed E-state index contributed by atoms with van der Waals surface area (Å²) in [5, 5.41) is 4.21. The fraction of sp³-hybridized carbons (Fsp3) is 0. The molecule has 0 saturated heterocycles. The summed E-state index contributed by atoms with van der Waals surface area (Å²) >= 11 is 0. The first-order valence-corrected chi connectivity index (χ1v) is 5.55. The van der Waals surface area contributed by atoms with Gasteiger partial charge in [0.2, 0.25) is 0 Å². The highest BCUT2D eigenvalue weighted by Crippen LogP contribution is 2.11. The third-order valence-corrected chi connectivity index (χ3v) is 2.66. The van der Waals surface area contributed by atoms with Crippen LogP contribution in [0.4, 0.5) is 4.39 Å². The Balaban J connectivity index is 2.00. The third-order valence-electron chi connectivity index (χ3n) is 2.66. The van der Waals surface area contributed by atoms with Crippen LogP contribution in [0.2, 0.25) is 0 Å². The smallest absolute Gasteiger partial charge is 0.132 e. The summed E-state index contributed by atoms with van der Waals surface area (Å²) in [5.41, 5.74) is 2.21. The Kier molecular flexibility index (Phi) is 2.61. The second kappa shape index (κ2) is 4.41. The third kappa shape index (κ3) is 1.88. The van der Waals surface area contributed by atoms with E-state index in [9.17, 15) is 4.39 Å². The van der Waals surface area contributed by atoms with Crippen LogP contribution in [0, 0.1) is 5.82 Å². The van der Waals surface area contributed by atoms with Gasteiger partial charge in [-0.15, -0.1) is 0 Å². The molecule has 0 aliphatic rings. The van der Waals surface area contributed by atoms with Gasteiger partial charge in [0.05, 0.1) is 17.2 Å². The van der Waals surface area contributed by atoms with Crippen LogP contribution in [0.25, 0.3) is 11.0 Å². The van der Waals surface area contributed by atoms with Gasteiger partial charge in [-0.25, -0.2) is 14.1 Å². The molecule has 0 aliphatic carbocycles. The SMILES string of the molecule is Fc1ccccc1/C=N\n1cnc2ccccc21. The highest BCUT2D eigenvalue weighted by Gasteiger charge is 2.00. The standard InChI is InChI=1S/C14H10FN3/c15-12-6-2-1-5-11(12)9-17-18-10-16-13-7-3-4-8-14(13)18/h1-10H/b17-9-. The number of hydrogen-bond acceptors (Lipinski definition) is 2. The molecule has 1 heterocycles. The molecule has 0 saturated carbocycles. The fourth-order valence-electron chi connectivity index (χ4n) is 1.74. The van der Waals surface area contributed by atoms with Crippen LogP contribution < -0.4 is 0 Å². The van der Waals surface area contributed by atoms with Crippen molar-refractivity contribution < 1.29 is 4.39 Å². The Bertz CT molecular complexity index is 716. The van der Waals surface area contributed by atoms with Gasteiger partial charge in [0.15, 0.2) is 0 Å². The first-order valence-electron chi connectivity index (χ1n) is 5.55. The first-order chi connectivity index (χ1) is 8.84. The molecule has 0 radical (unpaired) electrons. The Morgan fingerprint density at radius 1 is 1.06 bits per heavy atom. The quantitative estimate of drug-likeness (QED) is 0.632. The lowest BCUT2D eigenvalue weighted by Gasteiger charge is -1.97. The van der Waals surface area contributed by atoms with E-state index in [-0.39, 0.29) is 5.82 Å². The molecular formula is C14H10FN3. The summed E-state index contributed by atoms with van der Waals surface area (Å²) in [5.74, 6) is -0.286. The maximum absolute atomic E-state index is 13.4. The second-order valence-corrected chi connectivity index (χ2v) is 3.84. The fourth-order valence-corrected chi connectivity index (χ4v) is 1.74. The number of rotatable bonds is 2.